The largest absolute Gasteiger partial charge is 0.348 e. The Balaban J connectivity index is 1.79. The van der Waals surface area contributed by atoms with E-state index in [-0.39, 0.29) is 23.4 Å². The minimum absolute atomic E-state index is 0.00567. The molecular weight excluding hydrogens is 364 g/mol. The molecule has 0 bridgehead atoms. The first-order chi connectivity index (χ1) is 12.7. The number of amides is 1. The van der Waals surface area contributed by atoms with Crippen LogP contribution in [0.5, 0.6) is 0 Å². The van der Waals surface area contributed by atoms with Crippen molar-refractivity contribution >= 4 is 15.9 Å². The Morgan fingerprint density at radius 2 is 2.00 bits per heavy atom. The van der Waals surface area contributed by atoms with Gasteiger partial charge >= 0.3 is 0 Å². The van der Waals surface area contributed by atoms with Crippen LogP contribution in [0.3, 0.4) is 0 Å². The van der Waals surface area contributed by atoms with Crippen LogP contribution in [0.15, 0.2) is 29.2 Å². The van der Waals surface area contributed by atoms with E-state index in [2.05, 4.69) is 22.5 Å². The van der Waals surface area contributed by atoms with Gasteiger partial charge in [-0.2, -0.15) is 5.10 Å². The fraction of sp³-hybridized carbons (Fsp3) is 0.474. The number of sulfonamides is 1. The molecule has 3 rings (SSSR count). The molecule has 1 N–H and O–H groups in total. The molecule has 1 aliphatic rings. The van der Waals surface area contributed by atoms with E-state index in [1.807, 2.05) is 12.1 Å². The van der Waals surface area contributed by atoms with Gasteiger partial charge < -0.3 is 5.32 Å². The highest BCUT2D eigenvalue weighted by Crippen LogP contribution is 2.29. The van der Waals surface area contributed by atoms with Crippen LogP contribution < -0.4 is 5.32 Å². The van der Waals surface area contributed by atoms with Gasteiger partial charge in [0, 0.05) is 14.1 Å². The SMILES string of the molecule is Cc1nn(CC(=O)N[C@H]2CCCc3ccccc32)c(C)c1S(=O)(=O)N(C)C. The zero-order valence-corrected chi connectivity index (χ0v) is 17.0. The molecule has 1 heterocycles. The Hall–Kier alpha value is -2.19. The number of nitrogens with one attached hydrogen (secondary N) is 1. The van der Waals surface area contributed by atoms with Crippen molar-refractivity contribution in [2.75, 3.05) is 14.1 Å². The number of nitrogens with zero attached hydrogens (tertiary/aromatic N) is 3. The standard InChI is InChI=1S/C19H26N4O3S/c1-13-19(27(25,26)22(3)4)14(2)23(21-13)12-18(24)20-17-11-7-9-15-8-5-6-10-16(15)17/h5-6,8,10,17H,7,9,11-12H2,1-4H3,(H,20,24)/t17-/m0/s1. The van der Waals surface area contributed by atoms with Gasteiger partial charge in [-0.25, -0.2) is 12.7 Å². The van der Waals surface area contributed by atoms with Gasteiger partial charge in [-0.15, -0.1) is 0 Å². The lowest BCUT2D eigenvalue weighted by molar-refractivity contribution is -0.122. The number of aryl methyl sites for hydroxylation is 2. The molecule has 0 saturated carbocycles. The molecule has 1 atom stereocenters. The monoisotopic (exact) mass is 390 g/mol. The lowest BCUT2D eigenvalue weighted by Gasteiger charge is -2.26. The van der Waals surface area contributed by atoms with E-state index >= 15 is 0 Å². The summed E-state index contributed by atoms with van der Waals surface area (Å²) in [6, 6.07) is 8.16. The third-order valence-electron chi connectivity index (χ3n) is 5.05. The summed E-state index contributed by atoms with van der Waals surface area (Å²) >= 11 is 0. The van der Waals surface area contributed by atoms with E-state index in [9.17, 15) is 13.2 Å². The first-order valence-electron chi connectivity index (χ1n) is 9.05. The second kappa shape index (κ2) is 7.44. The average Bonchev–Trinajstić information content (AvgIpc) is 2.89. The first kappa shape index (κ1) is 19.6. The quantitative estimate of drug-likeness (QED) is 0.846. The van der Waals surface area contributed by atoms with Gasteiger partial charge in [0.2, 0.25) is 15.9 Å². The molecule has 1 aliphatic carbocycles. The number of rotatable bonds is 5. The zero-order chi connectivity index (χ0) is 19.8. The molecule has 7 nitrogen and oxygen atoms in total. The van der Waals surface area contributed by atoms with E-state index in [1.165, 1.54) is 29.9 Å². The van der Waals surface area contributed by atoms with Crippen LogP contribution in [0.25, 0.3) is 0 Å². The van der Waals surface area contributed by atoms with Gasteiger partial charge in [0.25, 0.3) is 0 Å². The molecule has 8 heteroatoms. The summed E-state index contributed by atoms with van der Waals surface area (Å²) in [6.07, 6.45) is 2.97. The molecule has 0 aliphatic heterocycles. The van der Waals surface area contributed by atoms with Gasteiger partial charge in [0.05, 0.1) is 17.4 Å². The summed E-state index contributed by atoms with van der Waals surface area (Å²) < 4.78 is 27.6. The van der Waals surface area contributed by atoms with Crippen LogP contribution in [-0.4, -0.2) is 42.5 Å². The minimum atomic E-state index is -3.60. The van der Waals surface area contributed by atoms with Crippen molar-refractivity contribution in [2.24, 2.45) is 0 Å². The summed E-state index contributed by atoms with van der Waals surface area (Å²) in [6.45, 7) is 3.32. The van der Waals surface area contributed by atoms with Crippen molar-refractivity contribution in [1.29, 1.82) is 0 Å². The van der Waals surface area contributed by atoms with Gasteiger partial charge in [0.15, 0.2) is 0 Å². The summed E-state index contributed by atoms with van der Waals surface area (Å²) in [7, 11) is -0.632. The molecular formula is C19H26N4O3S. The summed E-state index contributed by atoms with van der Waals surface area (Å²) in [4.78, 5) is 12.8. The number of aromatic nitrogens is 2. The van der Waals surface area contributed by atoms with E-state index in [0.29, 0.717) is 11.4 Å². The highest BCUT2D eigenvalue weighted by Gasteiger charge is 2.28. The first-order valence-corrected chi connectivity index (χ1v) is 10.5. The van der Waals surface area contributed by atoms with Crippen LogP contribution in [0.2, 0.25) is 0 Å². The molecule has 0 unspecified atom stereocenters. The highest BCUT2D eigenvalue weighted by atomic mass is 32.2. The van der Waals surface area contributed by atoms with Crippen molar-refractivity contribution in [3.05, 3.63) is 46.8 Å². The lowest BCUT2D eigenvalue weighted by Crippen LogP contribution is -2.34. The fourth-order valence-electron chi connectivity index (χ4n) is 3.67. The summed E-state index contributed by atoms with van der Waals surface area (Å²) in [5.41, 5.74) is 3.32. The molecule has 1 amide bonds. The number of carbonyl (C=O) groups excluding carboxylic acids is 1. The molecule has 1 aromatic carbocycles. The summed E-state index contributed by atoms with van der Waals surface area (Å²) in [5, 5.41) is 7.37. The predicted octanol–water partition coefficient (Wildman–Crippen LogP) is 1.94. The number of fused-ring (bicyclic) bond motifs is 1. The smallest absolute Gasteiger partial charge is 0.246 e. The third kappa shape index (κ3) is 3.77. The van der Waals surface area contributed by atoms with E-state index in [4.69, 9.17) is 0 Å². The second-order valence-electron chi connectivity index (χ2n) is 7.16. The molecule has 2 aromatic rings. The molecule has 1 aromatic heterocycles. The van der Waals surface area contributed by atoms with E-state index in [1.54, 1.807) is 13.8 Å². The Bertz CT molecular complexity index is 963. The molecule has 0 spiro atoms. The number of hydrogen-bond donors (Lipinski definition) is 1. The lowest BCUT2D eigenvalue weighted by atomic mass is 9.88. The maximum absolute atomic E-state index is 12.6. The topological polar surface area (TPSA) is 84.3 Å². The van der Waals surface area contributed by atoms with Crippen molar-refractivity contribution in [3.8, 4) is 0 Å². The van der Waals surface area contributed by atoms with Gasteiger partial charge in [0.1, 0.15) is 11.4 Å². The molecule has 0 radical (unpaired) electrons. The Morgan fingerprint density at radius 3 is 2.70 bits per heavy atom. The molecule has 27 heavy (non-hydrogen) atoms. The maximum Gasteiger partial charge on any atom is 0.246 e. The third-order valence-corrected chi connectivity index (χ3v) is 7.12. The van der Waals surface area contributed by atoms with Crippen molar-refractivity contribution in [1.82, 2.24) is 19.4 Å². The Morgan fingerprint density at radius 1 is 1.30 bits per heavy atom. The zero-order valence-electron chi connectivity index (χ0n) is 16.2. The number of carbonyl (C=O) groups is 1. The number of benzene rings is 1. The Kier molecular flexibility index (Phi) is 5.39. The van der Waals surface area contributed by atoms with Crippen LogP contribution >= 0.6 is 0 Å². The van der Waals surface area contributed by atoms with E-state index < -0.39 is 10.0 Å². The van der Waals surface area contributed by atoms with Crippen LogP contribution in [0, 0.1) is 13.8 Å². The normalized spacial score (nSPS) is 17.0. The fourth-order valence-corrected chi connectivity index (χ4v) is 4.93. The summed E-state index contributed by atoms with van der Waals surface area (Å²) in [5.74, 6) is -0.170. The molecule has 0 saturated heterocycles. The second-order valence-corrected chi connectivity index (χ2v) is 9.24. The van der Waals surface area contributed by atoms with Crippen molar-refractivity contribution in [3.63, 3.8) is 0 Å². The van der Waals surface area contributed by atoms with Crippen molar-refractivity contribution < 1.29 is 13.2 Å². The average molecular weight is 391 g/mol. The van der Waals surface area contributed by atoms with Gasteiger partial charge in [-0.3, -0.25) is 9.48 Å². The Labute approximate surface area is 160 Å². The van der Waals surface area contributed by atoms with Crippen LogP contribution in [-0.2, 0) is 27.8 Å². The van der Waals surface area contributed by atoms with Gasteiger partial charge in [-0.1, -0.05) is 24.3 Å². The van der Waals surface area contributed by atoms with Crippen LogP contribution in [0.4, 0.5) is 0 Å². The van der Waals surface area contributed by atoms with Gasteiger partial charge in [-0.05, 0) is 44.2 Å². The maximum atomic E-state index is 12.6. The number of hydrogen-bond acceptors (Lipinski definition) is 4. The minimum Gasteiger partial charge on any atom is -0.348 e. The molecule has 146 valence electrons. The molecule has 0 fully saturated rings. The van der Waals surface area contributed by atoms with E-state index in [0.717, 1.165) is 23.6 Å². The van der Waals surface area contributed by atoms with Crippen LogP contribution in [0.1, 0.15) is 41.4 Å². The van der Waals surface area contributed by atoms with Crippen molar-refractivity contribution in [2.45, 2.75) is 50.6 Å². The highest BCUT2D eigenvalue weighted by molar-refractivity contribution is 7.89. The predicted molar refractivity (Wildman–Crippen MR) is 103 cm³/mol.